The molecule has 35 heavy (non-hydrogen) atoms. The average Bonchev–Trinajstić information content (AvgIpc) is 3.26. The molecule has 0 radical (unpaired) electrons. The number of sulfone groups is 1. The second kappa shape index (κ2) is 8.88. The van der Waals surface area contributed by atoms with E-state index in [1.54, 1.807) is 6.07 Å². The molecule has 11 heteroatoms. The van der Waals surface area contributed by atoms with Crippen LogP contribution in [0.15, 0.2) is 70.0 Å². The molecule has 1 heterocycles. The van der Waals surface area contributed by atoms with E-state index in [4.69, 9.17) is 9.68 Å². The van der Waals surface area contributed by atoms with Gasteiger partial charge in [-0.2, -0.15) is 18.4 Å². The summed E-state index contributed by atoms with van der Waals surface area (Å²) in [6.45, 7) is 2.03. The first-order valence-corrected chi connectivity index (χ1v) is 11.7. The highest BCUT2D eigenvalue weighted by atomic mass is 32.2. The lowest BCUT2D eigenvalue weighted by molar-refractivity contribution is -0.0436. The lowest BCUT2D eigenvalue weighted by Crippen LogP contribution is -2.26. The third kappa shape index (κ3) is 4.61. The summed E-state index contributed by atoms with van der Waals surface area (Å²) in [4.78, 5) is 15.9. The van der Waals surface area contributed by atoms with Gasteiger partial charge >= 0.3 is 5.51 Å². The summed E-state index contributed by atoms with van der Waals surface area (Å²) in [7, 11) is -5.84. The lowest BCUT2D eigenvalue weighted by atomic mass is 10.1. The Labute approximate surface area is 197 Å². The minimum Gasteiger partial charge on any atom is -0.436 e. The van der Waals surface area contributed by atoms with E-state index < -0.39 is 31.7 Å². The first kappa shape index (κ1) is 24.0. The number of oxazole rings is 1. The predicted octanol–water partition coefficient (Wildman–Crippen LogP) is 5.47. The average molecular weight is 499 g/mol. The number of fused-ring (bicyclic) bond motifs is 1. The van der Waals surface area contributed by atoms with Crippen LogP contribution >= 0.6 is 0 Å². The van der Waals surface area contributed by atoms with Crippen LogP contribution in [-0.2, 0) is 16.3 Å². The summed E-state index contributed by atoms with van der Waals surface area (Å²) < 4.78 is 69.1. The molecule has 7 nitrogen and oxygen atoms in total. The number of rotatable bonds is 5. The van der Waals surface area contributed by atoms with Crippen LogP contribution in [0.4, 0.5) is 18.9 Å². The van der Waals surface area contributed by atoms with Crippen LogP contribution in [0.5, 0.6) is 0 Å². The molecule has 0 saturated carbocycles. The van der Waals surface area contributed by atoms with Crippen molar-refractivity contribution in [3.8, 4) is 17.5 Å². The van der Waals surface area contributed by atoms with Crippen molar-refractivity contribution < 1.29 is 30.8 Å². The molecule has 1 amide bonds. The minimum absolute atomic E-state index is 0.129. The van der Waals surface area contributed by atoms with Gasteiger partial charge in [-0.3, -0.25) is 4.79 Å². The van der Waals surface area contributed by atoms with Crippen molar-refractivity contribution in [2.24, 2.45) is 0 Å². The zero-order chi connectivity index (χ0) is 25.4. The van der Waals surface area contributed by atoms with Gasteiger partial charge in [0.05, 0.1) is 22.1 Å². The lowest BCUT2D eigenvalue weighted by Gasteiger charge is -2.13. The molecule has 1 N–H and O–H groups in total. The van der Waals surface area contributed by atoms with E-state index in [0.717, 1.165) is 29.7 Å². The van der Waals surface area contributed by atoms with Crippen molar-refractivity contribution in [3.63, 3.8) is 0 Å². The molecule has 0 aliphatic heterocycles. The molecule has 0 bridgehead atoms. The first-order valence-electron chi connectivity index (χ1n) is 10.2. The summed E-state index contributed by atoms with van der Waals surface area (Å²) in [5.41, 5.74) is -3.83. The van der Waals surface area contributed by atoms with Gasteiger partial charge < -0.3 is 9.73 Å². The maximum absolute atomic E-state index is 13.1. The number of nitriles is 1. The zero-order valence-electron chi connectivity index (χ0n) is 18.1. The molecule has 0 aliphatic carbocycles. The fourth-order valence-corrected chi connectivity index (χ4v) is 4.28. The van der Waals surface area contributed by atoms with Crippen molar-refractivity contribution in [2.75, 3.05) is 5.32 Å². The molecular weight excluding hydrogens is 483 g/mol. The Morgan fingerprint density at radius 1 is 1.09 bits per heavy atom. The van der Waals surface area contributed by atoms with Gasteiger partial charge in [0.1, 0.15) is 5.52 Å². The molecule has 4 rings (SSSR count). The monoisotopic (exact) mass is 499 g/mol. The van der Waals surface area contributed by atoms with Crippen molar-refractivity contribution >= 4 is 32.5 Å². The standard InChI is InChI=1S/C24H16F3N3O4S/c1-2-14-3-6-16(7-4-14)23-30-19-9-8-17(12-20(19)34-23)29-22(31)18-11-15(13-28)5-10-21(18)35(32,33)24(25,26)27/h3-12H,2H2,1H3,(H,29,31). The molecule has 0 unspecified atom stereocenters. The van der Waals surface area contributed by atoms with Crippen LogP contribution < -0.4 is 5.32 Å². The predicted molar refractivity (Wildman–Crippen MR) is 121 cm³/mol. The highest BCUT2D eigenvalue weighted by Gasteiger charge is 2.48. The summed E-state index contributed by atoms with van der Waals surface area (Å²) in [5.74, 6) is -0.800. The quantitative estimate of drug-likeness (QED) is 0.389. The van der Waals surface area contributed by atoms with Gasteiger partial charge in [-0.1, -0.05) is 19.1 Å². The van der Waals surface area contributed by atoms with Crippen LogP contribution in [0, 0.1) is 11.3 Å². The first-order chi connectivity index (χ1) is 16.5. The summed E-state index contributed by atoms with van der Waals surface area (Å²) in [5, 5.41) is 11.4. The molecule has 4 aromatic rings. The van der Waals surface area contributed by atoms with E-state index in [1.807, 2.05) is 31.2 Å². The maximum atomic E-state index is 13.1. The fourth-order valence-electron chi connectivity index (χ4n) is 3.34. The van der Waals surface area contributed by atoms with Gasteiger partial charge in [0.25, 0.3) is 15.7 Å². The number of nitrogens with one attached hydrogen (secondary N) is 1. The highest BCUT2D eigenvalue weighted by Crippen LogP contribution is 2.33. The Bertz CT molecular complexity index is 1590. The van der Waals surface area contributed by atoms with Crippen LogP contribution in [-0.4, -0.2) is 24.8 Å². The molecule has 3 aromatic carbocycles. The van der Waals surface area contributed by atoms with Crippen molar-refractivity contribution in [2.45, 2.75) is 23.7 Å². The second-order valence-corrected chi connectivity index (χ2v) is 9.39. The molecule has 0 saturated heterocycles. The highest BCUT2D eigenvalue weighted by molar-refractivity contribution is 7.92. The molecule has 0 atom stereocenters. The number of aryl methyl sites for hydroxylation is 1. The Morgan fingerprint density at radius 2 is 1.80 bits per heavy atom. The normalized spacial score (nSPS) is 11.9. The largest absolute Gasteiger partial charge is 0.501 e. The van der Waals surface area contributed by atoms with Crippen LogP contribution in [0.2, 0.25) is 0 Å². The number of carbonyl (C=O) groups excluding carboxylic acids is 1. The van der Waals surface area contributed by atoms with E-state index >= 15 is 0 Å². The molecule has 0 spiro atoms. The van der Waals surface area contributed by atoms with E-state index in [2.05, 4.69) is 10.3 Å². The number of hydrogen-bond acceptors (Lipinski definition) is 6. The number of nitrogens with zero attached hydrogens (tertiary/aromatic N) is 2. The Hall–Kier alpha value is -4.17. The summed E-state index contributed by atoms with van der Waals surface area (Å²) in [6, 6.07) is 15.9. The van der Waals surface area contributed by atoms with Gasteiger partial charge in [-0.25, -0.2) is 13.4 Å². The Morgan fingerprint density at radius 3 is 2.43 bits per heavy atom. The number of benzene rings is 3. The molecule has 1 aromatic heterocycles. The van der Waals surface area contributed by atoms with Crippen molar-refractivity contribution in [1.29, 1.82) is 5.26 Å². The van der Waals surface area contributed by atoms with E-state index in [9.17, 15) is 26.4 Å². The fraction of sp³-hybridized carbons (Fsp3) is 0.125. The minimum atomic E-state index is -5.84. The van der Waals surface area contributed by atoms with Gasteiger partial charge in [-0.15, -0.1) is 0 Å². The molecule has 0 aliphatic rings. The molecular formula is C24H16F3N3O4S. The van der Waals surface area contributed by atoms with Gasteiger partial charge in [0, 0.05) is 17.3 Å². The van der Waals surface area contributed by atoms with Crippen LogP contribution in [0.25, 0.3) is 22.6 Å². The SMILES string of the molecule is CCc1ccc(-c2nc3ccc(NC(=O)c4cc(C#N)ccc4S(=O)(=O)C(F)(F)F)cc3o2)cc1. The topological polar surface area (TPSA) is 113 Å². The number of carbonyl (C=O) groups is 1. The van der Waals surface area contributed by atoms with E-state index in [-0.39, 0.29) is 11.3 Å². The smallest absolute Gasteiger partial charge is 0.436 e. The number of amides is 1. The number of aromatic nitrogens is 1. The third-order valence-electron chi connectivity index (χ3n) is 5.20. The van der Waals surface area contributed by atoms with Gasteiger partial charge in [0.15, 0.2) is 5.58 Å². The maximum Gasteiger partial charge on any atom is 0.501 e. The van der Waals surface area contributed by atoms with Crippen molar-refractivity contribution in [1.82, 2.24) is 4.98 Å². The summed E-state index contributed by atoms with van der Waals surface area (Å²) >= 11 is 0. The number of halogens is 3. The van der Waals surface area contributed by atoms with E-state index in [1.165, 1.54) is 18.2 Å². The van der Waals surface area contributed by atoms with Crippen LogP contribution in [0.1, 0.15) is 28.4 Å². The Kier molecular flexibility index (Phi) is 6.08. The number of hydrogen-bond donors (Lipinski definition) is 1. The number of alkyl halides is 3. The number of anilines is 1. The van der Waals surface area contributed by atoms with Crippen LogP contribution in [0.3, 0.4) is 0 Å². The van der Waals surface area contributed by atoms with E-state index in [0.29, 0.717) is 23.1 Å². The second-order valence-electron chi connectivity index (χ2n) is 7.48. The molecule has 178 valence electrons. The van der Waals surface area contributed by atoms with Crippen molar-refractivity contribution in [3.05, 3.63) is 77.4 Å². The molecule has 0 fully saturated rings. The zero-order valence-corrected chi connectivity index (χ0v) is 18.9. The summed E-state index contributed by atoms with van der Waals surface area (Å²) in [6.07, 6.45) is 0.875. The Balaban J connectivity index is 1.68. The third-order valence-corrected chi connectivity index (χ3v) is 6.75. The van der Waals surface area contributed by atoms with Gasteiger partial charge in [-0.05, 0) is 54.4 Å². The van der Waals surface area contributed by atoms with Gasteiger partial charge in [0.2, 0.25) is 5.89 Å².